The van der Waals surface area contributed by atoms with Gasteiger partial charge < -0.3 is 25.0 Å². The van der Waals surface area contributed by atoms with Crippen molar-refractivity contribution in [1.29, 1.82) is 0 Å². The number of benzene rings is 1. The van der Waals surface area contributed by atoms with Crippen LogP contribution in [0.4, 0.5) is 4.39 Å². The number of pyridine rings is 2. The number of nitrogens with zero attached hydrogens (tertiary/aromatic N) is 2. The second kappa shape index (κ2) is 8.43. The van der Waals surface area contributed by atoms with E-state index in [2.05, 4.69) is 10.6 Å². The van der Waals surface area contributed by atoms with Crippen LogP contribution >= 0.6 is 0 Å². The monoisotopic (exact) mass is 532 g/mol. The van der Waals surface area contributed by atoms with E-state index in [-0.39, 0.29) is 60.1 Å². The van der Waals surface area contributed by atoms with Crippen LogP contribution in [0.5, 0.6) is 0 Å². The normalized spacial score (nSPS) is 24.8. The fourth-order valence-corrected chi connectivity index (χ4v) is 6.88. The van der Waals surface area contributed by atoms with Gasteiger partial charge in [-0.25, -0.2) is 14.2 Å². The molecule has 9 nitrogen and oxygen atoms in total. The predicted molar refractivity (Wildman–Crippen MR) is 139 cm³/mol. The van der Waals surface area contributed by atoms with Crippen molar-refractivity contribution in [2.45, 2.75) is 76.8 Å². The zero-order valence-corrected chi connectivity index (χ0v) is 21.8. The molecule has 3 atom stereocenters. The average molecular weight is 533 g/mol. The summed E-state index contributed by atoms with van der Waals surface area (Å²) in [5.74, 6) is -1.20. The third kappa shape index (κ3) is 3.31. The second-order valence-corrected chi connectivity index (χ2v) is 11.1. The van der Waals surface area contributed by atoms with Crippen molar-refractivity contribution in [2.24, 2.45) is 0 Å². The second-order valence-electron chi connectivity index (χ2n) is 11.1. The molecule has 0 radical (unpaired) electrons. The van der Waals surface area contributed by atoms with Crippen LogP contribution in [0.2, 0.25) is 0 Å². The average Bonchev–Trinajstić information content (AvgIpc) is 3.59. The highest BCUT2D eigenvalue weighted by Gasteiger charge is 2.46. The Morgan fingerprint density at radius 3 is 2.85 bits per heavy atom. The van der Waals surface area contributed by atoms with Crippen LogP contribution in [0.3, 0.4) is 0 Å². The van der Waals surface area contributed by atoms with E-state index in [4.69, 9.17) is 9.72 Å². The van der Waals surface area contributed by atoms with E-state index in [1.807, 2.05) is 0 Å². The minimum Gasteiger partial charge on any atom is -0.458 e. The summed E-state index contributed by atoms with van der Waals surface area (Å²) >= 11 is 0. The van der Waals surface area contributed by atoms with E-state index in [1.54, 1.807) is 24.5 Å². The minimum atomic E-state index is -1.93. The van der Waals surface area contributed by atoms with Gasteiger partial charge >= 0.3 is 5.97 Å². The third-order valence-electron chi connectivity index (χ3n) is 9.07. The highest BCUT2D eigenvalue weighted by molar-refractivity contribution is 5.94. The molecule has 0 saturated carbocycles. The number of esters is 1. The molecular weight excluding hydrogens is 503 g/mol. The lowest BCUT2D eigenvalue weighted by molar-refractivity contribution is -0.172. The van der Waals surface area contributed by atoms with Crippen molar-refractivity contribution in [3.8, 4) is 11.4 Å². The molecule has 3 aromatic rings. The summed E-state index contributed by atoms with van der Waals surface area (Å²) in [5, 5.41) is 18.5. The van der Waals surface area contributed by atoms with Crippen LogP contribution in [0, 0.1) is 12.7 Å². The van der Waals surface area contributed by atoms with Crippen molar-refractivity contribution >= 4 is 22.8 Å². The van der Waals surface area contributed by atoms with Gasteiger partial charge in [0.15, 0.2) is 5.60 Å². The molecule has 202 valence electrons. The molecule has 39 heavy (non-hydrogen) atoms. The Morgan fingerprint density at radius 2 is 2.10 bits per heavy atom. The van der Waals surface area contributed by atoms with Crippen molar-refractivity contribution < 1.29 is 23.8 Å². The fraction of sp³-hybridized carbons (Fsp3) is 0.448. The number of hydrogen-bond acceptors (Lipinski definition) is 7. The summed E-state index contributed by atoms with van der Waals surface area (Å²) in [6.07, 6.45) is 2.96. The van der Waals surface area contributed by atoms with Crippen LogP contribution in [-0.2, 0) is 39.5 Å². The molecular formula is C29H29FN4O5. The third-order valence-corrected chi connectivity index (χ3v) is 9.07. The fourth-order valence-electron chi connectivity index (χ4n) is 6.88. The number of hydrogen-bond donors (Lipinski definition) is 3. The lowest BCUT2D eigenvalue weighted by Gasteiger charge is -2.31. The molecule has 1 aliphatic carbocycles. The quantitative estimate of drug-likeness (QED) is 0.346. The van der Waals surface area contributed by atoms with Gasteiger partial charge in [-0.2, -0.15) is 0 Å². The number of nitrogens with one attached hydrogen (secondary N) is 2. The van der Waals surface area contributed by atoms with E-state index < -0.39 is 11.6 Å². The van der Waals surface area contributed by atoms with Crippen molar-refractivity contribution in [1.82, 2.24) is 20.2 Å². The van der Waals surface area contributed by atoms with Gasteiger partial charge in [-0.3, -0.25) is 9.59 Å². The molecule has 1 aromatic carbocycles. The van der Waals surface area contributed by atoms with Gasteiger partial charge in [0.2, 0.25) is 5.91 Å². The summed E-state index contributed by atoms with van der Waals surface area (Å²) in [4.78, 5) is 44.2. The molecule has 3 aliphatic heterocycles. The Kier molecular flexibility index (Phi) is 5.28. The van der Waals surface area contributed by atoms with Crippen LogP contribution in [0.25, 0.3) is 22.3 Å². The zero-order chi connectivity index (χ0) is 27.2. The number of rotatable bonds is 3. The molecule has 0 unspecified atom stereocenters. The number of fused-ring (bicyclic) bond motifs is 5. The number of ether oxygens (including phenoxy) is 1. The number of carbonyl (C=O) groups is 2. The molecule has 0 bridgehead atoms. The number of aromatic nitrogens is 2. The smallest absolute Gasteiger partial charge is 0.343 e. The molecule has 5 heterocycles. The molecule has 10 heteroatoms. The first-order valence-corrected chi connectivity index (χ1v) is 13.6. The van der Waals surface area contributed by atoms with Crippen LogP contribution in [-0.4, -0.2) is 39.1 Å². The van der Waals surface area contributed by atoms with E-state index in [0.29, 0.717) is 35.3 Å². The van der Waals surface area contributed by atoms with Crippen LogP contribution in [0.15, 0.2) is 16.9 Å². The summed E-state index contributed by atoms with van der Waals surface area (Å²) in [5.41, 5.74) is 2.72. The lowest BCUT2D eigenvalue weighted by Crippen LogP contribution is -2.44. The van der Waals surface area contributed by atoms with Gasteiger partial charge in [0.25, 0.3) is 5.56 Å². The SMILES string of the molecule is CC[C@@]1(O)C(=O)OCc2c1cc1n(c2=O)Cc2c-1nc1cc(F)c(C)c3c1c2[C@H](NC(=O)[C@@H]1CCCN1)CC3. The molecule has 1 saturated heterocycles. The maximum Gasteiger partial charge on any atom is 0.343 e. The summed E-state index contributed by atoms with van der Waals surface area (Å²) < 4.78 is 21.8. The van der Waals surface area contributed by atoms with Gasteiger partial charge in [-0.15, -0.1) is 0 Å². The van der Waals surface area contributed by atoms with Gasteiger partial charge in [-0.1, -0.05) is 6.92 Å². The first-order valence-electron chi connectivity index (χ1n) is 13.6. The van der Waals surface area contributed by atoms with Gasteiger partial charge in [0.05, 0.1) is 41.1 Å². The minimum absolute atomic E-state index is 0.0438. The predicted octanol–water partition coefficient (Wildman–Crippen LogP) is 2.38. The van der Waals surface area contributed by atoms with Crippen molar-refractivity contribution in [3.05, 3.63) is 61.7 Å². The molecule has 0 spiro atoms. The number of cyclic esters (lactones) is 1. The van der Waals surface area contributed by atoms with Gasteiger partial charge in [0.1, 0.15) is 12.4 Å². The van der Waals surface area contributed by atoms with Crippen molar-refractivity contribution in [2.75, 3.05) is 6.54 Å². The Balaban J connectivity index is 1.46. The Labute approximate surface area is 223 Å². The number of aryl methyl sites for hydroxylation is 1. The van der Waals surface area contributed by atoms with E-state index in [0.717, 1.165) is 41.5 Å². The zero-order valence-electron chi connectivity index (χ0n) is 21.8. The largest absolute Gasteiger partial charge is 0.458 e. The Morgan fingerprint density at radius 1 is 1.28 bits per heavy atom. The highest BCUT2D eigenvalue weighted by atomic mass is 19.1. The summed E-state index contributed by atoms with van der Waals surface area (Å²) in [7, 11) is 0. The highest BCUT2D eigenvalue weighted by Crippen LogP contribution is 2.46. The first kappa shape index (κ1) is 24.4. The Hall–Kier alpha value is -3.63. The van der Waals surface area contributed by atoms with Crippen LogP contribution in [0.1, 0.15) is 72.0 Å². The standard InChI is InChI=1S/C29H29FN4O5/c1-3-29(38)17-9-22-25-15(11-34(22)27(36)16(17)12-39-28(29)37)24-19(33-26(35)20-5-4-8-31-20)7-6-14-13(2)18(30)10-21(32-25)23(14)24/h9-10,19-20,31,38H,3-8,11-12H2,1-2H3,(H,33,35)/t19-,20+,29+/m1/s1. The number of halogens is 1. The molecule has 7 rings (SSSR count). The lowest BCUT2D eigenvalue weighted by atomic mass is 9.81. The molecule has 4 aliphatic rings. The molecule has 2 aromatic heterocycles. The maximum absolute atomic E-state index is 15.0. The summed E-state index contributed by atoms with van der Waals surface area (Å²) in [6.45, 7) is 4.23. The number of aliphatic hydroxyl groups is 1. The maximum atomic E-state index is 15.0. The van der Waals surface area contributed by atoms with E-state index >= 15 is 4.39 Å². The molecule has 1 amide bonds. The summed E-state index contributed by atoms with van der Waals surface area (Å²) in [6, 6.07) is 2.50. The van der Waals surface area contributed by atoms with Gasteiger partial charge in [0, 0.05) is 22.6 Å². The van der Waals surface area contributed by atoms with Crippen molar-refractivity contribution in [3.63, 3.8) is 0 Å². The van der Waals surface area contributed by atoms with Gasteiger partial charge in [-0.05, 0) is 68.3 Å². The number of carbonyl (C=O) groups excluding carboxylic acids is 2. The number of amides is 1. The van der Waals surface area contributed by atoms with Crippen LogP contribution < -0.4 is 16.2 Å². The molecule has 1 fully saturated rings. The van der Waals surface area contributed by atoms with E-state index in [9.17, 15) is 19.5 Å². The molecule has 3 N–H and O–H groups in total. The first-order chi connectivity index (χ1) is 18.7. The van der Waals surface area contributed by atoms with E-state index in [1.165, 1.54) is 6.07 Å². The topological polar surface area (TPSA) is 123 Å². The Bertz CT molecular complexity index is 1680.